The third-order valence-electron chi connectivity index (χ3n) is 8.42. The Morgan fingerprint density at radius 3 is 2.23 bits per heavy atom. The average Bonchev–Trinajstić information content (AvgIpc) is 3.12. The van der Waals surface area contributed by atoms with Crippen LogP contribution in [0.15, 0.2) is 47.5 Å². The van der Waals surface area contributed by atoms with Crippen LogP contribution in [0, 0.1) is 22.6 Å². The van der Waals surface area contributed by atoms with Gasteiger partial charge in [0.2, 0.25) is 0 Å². The van der Waals surface area contributed by atoms with Crippen LogP contribution in [0.1, 0.15) is 108 Å². The van der Waals surface area contributed by atoms with E-state index < -0.39 is 17.4 Å². The van der Waals surface area contributed by atoms with Crippen molar-refractivity contribution in [3.63, 3.8) is 0 Å². The molecule has 0 radical (unpaired) electrons. The SMILES string of the molecule is CC(C)(C)CCC(c1ccc(C(=O)O)cc1)N1C(=O)C(c2ccc(F)c(Cl)c2)=NC12CCC(C(C)(C)C)CC2. The lowest BCUT2D eigenvalue weighted by atomic mass is 9.69. The van der Waals surface area contributed by atoms with Gasteiger partial charge < -0.3 is 10.0 Å². The Morgan fingerprint density at radius 2 is 1.72 bits per heavy atom. The van der Waals surface area contributed by atoms with Crippen molar-refractivity contribution >= 4 is 29.2 Å². The van der Waals surface area contributed by atoms with Crippen molar-refractivity contribution in [1.29, 1.82) is 0 Å². The number of halogens is 2. The van der Waals surface area contributed by atoms with Crippen molar-refractivity contribution in [2.24, 2.45) is 21.7 Å². The molecule has 1 spiro atoms. The number of carbonyl (C=O) groups is 2. The van der Waals surface area contributed by atoms with Crippen LogP contribution >= 0.6 is 11.6 Å². The van der Waals surface area contributed by atoms with Gasteiger partial charge in [-0.15, -0.1) is 0 Å². The number of carbonyl (C=O) groups excluding carboxylic acids is 1. The van der Waals surface area contributed by atoms with Crippen molar-refractivity contribution in [3.8, 4) is 0 Å². The van der Waals surface area contributed by atoms with Crippen molar-refractivity contribution in [2.45, 2.75) is 91.8 Å². The highest BCUT2D eigenvalue weighted by molar-refractivity contribution is 6.47. The van der Waals surface area contributed by atoms with Gasteiger partial charge in [-0.05, 0) is 91.2 Å². The molecule has 1 N–H and O–H groups in total. The van der Waals surface area contributed by atoms with Crippen LogP contribution in [0.2, 0.25) is 5.02 Å². The molecule has 1 fully saturated rings. The molecule has 7 heteroatoms. The summed E-state index contributed by atoms with van der Waals surface area (Å²) in [5, 5.41) is 9.41. The Bertz CT molecular complexity index is 1270. The fourth-order valence-corrected chi connectivity index (χ4v) is 6.22. The number of nitrogens with zero attached hydrogens (tertiary/aromatic N) is 2. The van der Waals surface area contributed by atoms with Crippen molar-refractivity contribution in [1.82, 2.24) is 4.90 Å². The molecule has 1 aliphatic heterocycles. The van der Waals surface area contributed by atoms with E-state index in [9.17, 15) is 19.1 Å². The van der Waals surface area contributed by atoms with Gasteiger partial charge in [0.25, 0.3) is 5.91 Å². The van der Waals surface area contributed by atoms with Gasteiger partial charge in [-0.3, -0.25) is 9.79 Å². The predicted molar refractivity (Wildman–Crippen MR) is 154 cm³/mol. The van der Waals surface area contributed by atoms with E-state index in [0.29, 0.717) is 23.6 Å². The van der Waals surface area contributed by atoms with Gasteiger partial charge in [0.05, 0.1) is 16.6 Å². The van der Waals surface area contributed by atoms with Crippen LogP contribution in [0.5, 0.6) is 0 Å². The topological polar surface area (TPSA) is 70.0 Å². The van der Waals surface area contributed by atoms with E-state index in [1.807, 2.05) is 17.0 Å². The minimum atomic E-state index is -0.985. The molecule has 0 bridgehead atoms. The molecule has 1 amide bonds. The lowest BCUT2D eigenvalue weighted by molar-refractivity contribution is -0.134. The molecule has 1 aliphatic carbocycles. The molecule has 0 saturated heterocycles. The molecule has 1 heterocycles. The first-order valence-electron chi connectivity index (χ1n) is 13.8. The summed E-state index contributed by atoms with van der Waals surface area (Å²) in [5.74, 6) is -1.19. The van der Waals surface area contributed by atoms with Gasteiger partial charge in [-0.2, -0.15) is 0 Å². The standard InChI is InChI=1S/C32H40ClFN2O3/c1-30(2,3)16-15-26(20-7-9-21(10-8-20)29(38)39)36-28(37)27(22-11-12-25(34)24(33)19-22)35-32(36)17-13-23(14-18-32)31(4,5)6/h7-12,19,23,26H,13-18H2,1-6H3,(H,38,39). The van der Waals surface area contributed by atoms with Crippen molar-refractivity contribution < 1.29 is 19.1 Å². The van der Waals surface area contributed by atoms with Crippen LogP contribution in [0.25, 0.3) is 0 Å². The molecule has 210 valence electrons. The van der Waals surface area contributed by atoms with Gasteiger partial charge in [0, 0.05) is 5.56 Å². The van der Waals surface area contributed by atoms with E-state index in [4.69, 9.17) is 16.6 Å². The van der Waals surface area contributed by atoms with Gasteiger partial charge in [-0.25, -0.2) is 9.18 Å². The Balaban J connectivity index is 1.81. The van der Waals surface area contributed by atoms with E-state index in [-0.39, 0.29) is 33.4 Å². The van der Waals surface area contributed by atoms with E-state index in [0.717, 1.165) is 37.7 Å². The molecule has 2 aromatic rings. The van der Waals surface area contributed by atoms with Crippen molar-refractivity contribution in [3.05, 3.63) is 70.0 Å². The average molecular weight is 555 g/mol. The monoisotopic (exact) mass is 554 g/mol. The second-order valence-electron chi connectivity index (χ2n) is 13.4. The third-order valence-corrected chi connectivity index (χ3v) is 8.71. The number of benzene rings is 2. The third kappa shape index (κ3) is 6.21. The van der Waals surface area contributed by atoms with Crippen LogP contribution in [0.4, 0.5) is 4.39 Å². The fourth-order valence-electron chi connectivity index (χ4n) is 6.04. The number of amides is 1. The predicted octanol–water partition coefficient (Wildman–Crippen LogP) is 8.31. The zero-order valence-electron chi connectivity index (χ0n) is 23.9. The summed E-state index contributed by atoms with van der Waals surface area (Å²) in [5.41, 5.74) is 1.40. The minimum Gasteiger partial charge on any atom is -0.478 e. The molecule has 1 saturated carbocycles. The molecule has 0 aromatic heterocycles. The van der Waals surface area contributed by atoms with Crippen LogP contribution in [-0.4, -0.2) is 33.3 Å². The molecular weight excluding hydrogens is 515 g/mol. The molecule has 1 atom stereocenters. The molecule has 39 heavy (non-hydrogen) atoms. The molecule has 4 rings (SSSR count). The lowest BCUT2D eigenvalue weighted by Gasteiger charge is -2.47. The van der Waals surface area contributed by atoms with E-state index in [2.05, 4.69) is 41.5 Å². The minimum absolute atomic E-state index is 0.0350. The Morgan fingerprint density at radius 1 is 1.10 bits per heavy atom. The molecule has 2 aromatic carbocycles. The number of carboxylic acid groups (broad SMARTS) is 1. The maximum absolute atomic E-state index is 14.3. The van der Waals surface area contributed by atoms with E-state index in [1.165, 1.54) is 12.1 Å². The largest absolute Gasteiger partial charge is 0.478 e. The Kier molecular flexibility index (Phi) is 8.01. The van der Waals surface area contributed by atoms with Crippen LogP contribution in [-0.2, 0) is 4.79 Å². The first-order valence-corrected chi connectivity index (χ1v) is 14.2. The van der Waals surface area contributed by atoms with Gasteiger partial charge in [-0.1, -0.05) is 65.3 Å². The van der Waals surface area contributed by atoms with Crippen molar-refractivity contribution in [2.75, 3.05) is 0 Å². The first-order chi connectivity index (χ1) is 18.1. The Hall–Kier alpha value is -2.73. The fraction of sp³-hybridized carbons (Fsp3) is 0.531. The first kappa shape index (κ1) is 29.3. The summed E-state index contributed by atoms with van der Waals surface area (Å²) in [4.78, 5) is 33.0. The van der Waals surface area contributed by atoms with E-state index in [1.54, 1.807) is 18.2 Å². The number of aromatic carboxylic acids is 1. The number of hydrogen-bond donors (Lipinski definition) is 1. The highest BCUT2D eigenvalue weighted by Gasteiger charge is 2.52. The zero-order valence-corrected chi connectivity index (χ0v) is 24.6. The number of rotatable bonds is 6. The summed E-state index contributed by atoms with van der Waals surface area (Å²) in [6, 6.07) is 10.9. The maximum Gasteiger partial charge on any atom is 0.335 e. The molecule has 5 nitrogen and oxygen atoms in total. The summed E-state index contributed by atoms with van der Waals surface area (Å²) in [6.45, 7) is 13.3. The second kappa shape index (κ2) is 10.7. The number of aliphatic imine (C=N–C) groups is 1. The van der Waals surface area contributed by atoms with Gasteiger partial charge in [0.1, 0.15) is 17.2 Å². The normalized spacial score (nSPS) is 22.8. The van der Waals surface area contributed by atoms with Gasteiger partial charge >= 0.3 is 5.97 Å². The smallest absolute Gasteiger partial charge is 0.335 e. The maximum atomic E-state index is 14.3. The van der Waals surface area contributed by atoms with Crippen LogP contribution in [0.3, 0.4) is 0 Å². The lowest BCUT2D eigenvalue weighted by Crippen LogP contribution is -2.51. The molecule has 2 aliphatic rings. The summed E-state index contributed by atoms with van der Waals surface area (Å²) in [7, 11) is 0. The van der Waals surface area contributed by atoms with E-state index >= 15 is 0 Å². The summed E-state index contributed by atoms with van der Waals surface area (Å²) in [6.07, 6.45) is 4.92. The van der Waals surface area contributed by atoms with Gasteiger partial charge in [0.15, 0.2) is 0 Å². The zero-order chi connectivity index (χ0) is 28.8. The van der Waals surface area contributed by atoms with Crippen LogP contribution < -0.4 is 0 Å². The number of hydrogen-bond acceptors (Lipinski definition) is 3. The highest BCUT2D eigenvalue weighted by atomic mass is 35.5. The quantitative estimate of drug-likeness (QED) is 0.390. The molecule has 1 unspecified atom stereocenters. The highest BCUT2D eigenvalue weighted by Crippen LogP contribution is 2.50. The summed E-state index contributed by atoms with van der Waals surface area (Å²) < 4.78 is 14.0. The Labute approximate surface area is 236 Å². The second-order valence-corrected chi connectivity index (χ2v) is 13.8. The summed E-state index contributed by atoms with van der Waals surface area (Å²) >= 11 is 6.12. The molecular formula is C32H40ClFN2O3. The number of carboxylic acids is 1.